The number of halogens is 1. The first-order valence-electron chi connectivity index (χ1n) is 6.73. The van der Waals surface area contributed by atoms with Crippen LogP contribution < -0.4 is 0 Å². The van der Waals surface area contributed by atoms with Gasteiger partial charge in [-0.1, -0.05) is 0 Å². The largest absolute Gasteiger partial charge is 0.313 e. The van der Waals surface area contributed by atoms with Gasteiger partial charge in [-0.15, -0.1) is 11.6 Å². The van der Waals surface area contributed by atoms with E-state index >= 15 is 0 Å². The van der Waals surface area contributed by atoms with Gasteiger partial charge < -0.3 is 9.47 Å². The smallest absolute Gasteiger partial charge is 0.159 e. The molecule has 0 spiro atoms. The van der Waals surface area contributed by atoms with Crippen molar-refractivity contribution in [3.05, 3.63) is 24.2 Å². The van der Waals surface area contributed by atoms with Crippen molar-refractivity contribution in [3.8, 4) is 0 Å². The summed E-state index contributed by atoms with van der Waals surface area (Å²) < 4.78 is 2.22. The molecule has 0 aromatic carbocycles. The van der Waals surface area contributed by atoms with Crippen molar-refractivity contribution in [1.82, 2.24) is 19.4 Å². The zero-order valence-electron chi connectivity index (χ0n) is 11.6. The lowest BCUT2D eigenvalue weighted by atomic mass is 10.3. The molecule has 2 heterocycles. The lowest BCUT2D eigenvalue weighted by molar-refractivity contribution is 0.387. The molecule has 104 valence electrons. The molecule has 0 fully saturated rings. The van der Waals surface area contributed by atoms with Gasteiger partial charge >= 0.3 is 0 Å². The Kier molecular flexibility index (Phi) is 5.16. The Morgan fingerprint density at radius 1 is 1.32 bits per heavy atom. The Balaban J connectivity index is 2.12. The van der Waals surface area contributed by atoms with E-state index in [9.17, 15) is 0 Å². The maximum Gasteiger partial charge on any atom is 0.159 e. The summed E-state index contributed by atoms with van der Waals surface area (Å²) in [5.74, 6) is 1.65. The second-order valence-electron chi connectivity index (χ2n) is 4.98. The molecule has 0 N–H and O–H groups in total. The number of unbranched alkanes of at least 4 members (excludes halogenated alkanes) is 1. The molecule has 2 aromatic heterocycles. The second-order valence-corrected chi connectivity index (χ2v) is 5.35. The standard InChI is InChI=1S/C14H21ClN4/c1-18(2)10-3-4-11-19-13(7-8-15)17-12-6-5-9-16-14(12)19/h5-6,9H,3-4,7-8,10-11H2,1-2H3. The third-order valence-corrected chi connectivity index (χ3v) is 3.33. The SMILES string of the molecule is CN(C)CCCCn1c(CCCl)nc2cccnc21. The van der Waals surface area contributed by atoms with E-state index < -0.39 is 0 Å². The zero-order valence-corrected chi connectivity index (χ0v) is 12.4. The van der Waals surface area contributed by atoms with Crippen LogP contribution in [0, 0.1) is 0 Å². The van der Waals surface area contributed by atoms with Crippen molar-refractivity contribution in [2.45, 2.75) is 25.8 Å². The number of pyridine rings is 1. The van der Waals surface area contributed by atoms with Crippen LogP contribution >= 0.6 is 11.6 Å². The Morgan fingerprint density at radius 2 is 2.16 bits per heavy atom. The number of alkyl halides is 1. The minimum atomic E-state index is 0.598. The molecule has 0 aliphatic rings. The number of aryl methyl sites for hydroxylation is 2. The van der Waals surface area contributed by atoms with Gasteiger partial charge in [0, 0.05) is 25.0 Å². The average Bonchev–Trinajstić information content (AvgIpc) is 2.73. The van der Waals surface area contributed by atoms with Crippen molar-refractivity contribution in [1.29, 1.82) is 0 Å². The monoisotopic (exact) mass is 280 g/mol. The van der Waals surface area contributed by atoms with Crippen LogP contribution in [0.25, 0.3) is 11.2 Å². The molecule has 0 radical (unpaired) electrons. The van der Waals surface area contributed by atoms with Crippen molar-refractivity contribution in [3.63, 3.8) is 0 Å². The van der Waals surface area contributed by atoms with Crippen LogP contribution in [0.3, 0.4) is 0 Å². The summed E-state index contributed by atoms with van der Waals surface area (Å²) in [7, 11) is 4.21. The van der Waals surface area contributed by atoms with Crippen molar-refractivity contribution >= 4 is 22.8 Å². The number of hydrogen-bond acceptors (Lipinski definition) is 3. The fourth-order valence-electron chi connectivity index (χ4n) is 2.21. The van der Waals surface area contributed by atoms with E-state index in [1.165, 1.54) is 6.42 Å². The van der Waals surface area contributed by atoms with Crippen LogP contribution in [0.5, 0.6) is 0 Å². The van der Waals surface area contributed by atoms with E-state index in [1.807, 2.05) is 18.3 Å². The normalized spacial score (nSPS) is 11.6. The predicted molar refractivity (Wildman–Crippen MR) is 79.7 cm³/mol. The molecule has 0 aliphatic carbocycles. The fourth-order valence-corrected chi connectivity index (χ4v) is 2.38. The molecule has 19 heavy (non-hydrogen) atoms. The summed E-state index contributed by atoms with van der Waals surface area (Å²) in [6, 6.07) is 3.94. The van der Waals surface area contributed by atoms with Crippen LogP contribution in [-0.4, -0.2) is 46.0 Å². The van der Waals surface area contributed by atoms with Crippen molar-refractivity contribution in [2.24, 2.45) is 0 Å². The van der Waals surface area contributed by atoms with Gasteiger partial charge in [0.2, 0.25) is 0 Å². The van der Waals surface area contributed by atoms with Gasteiger partial charge in [-0.2, -0.15) is 0 Å². The highest BCUT2D eigenvalue weighted by atomic mass is 35.5. The van der Waals surface area contributed by atoms with Gasteiger partial charge in [0.1, 0.15) is 11.3 Å². The van der Waals surface area contributed by atoms with Gasteiger partial charge in [-0.05, 0) is 45.6 Å². The average molecular weight is 281 g/mol. The number of imidazole rings is 1. The van der Waals surface area contributed by atoms with E-state index in [1.54, 1.807) is 0 Å². The van der Waals surface area contributed by atoms with E-state index in [4.69, 9.17) is 11.6 Å². The fraction of sp³-hybridized carbons (Fsp3) is 0.571. The van der Waals surface area contributed by atoms with Crippen LogP contribution in [0.15, 0.2) is 18.3 Å². The summed E-state index contributed by atoms with van der Waals surface area (Å²) in [5.41, 5.74) is 1.95. The molecule has 0 saturated carbocycles. The third-order valence-electron chi connectivity index (χ3n) is 3.14. The summed E-state index contributed by atoms with van der Waals surface area (Å²) in [6.07, 6.45) is 4.94. The van der Waals surface area contributed by atoms with Crippen LogP contribution in [0.1, 0.15) is 18.7 Å². The highest BCUT2D eigenvalue weighted by Crippen LogP contribution is 2.15. The Hall–Kier alpha value is -1.13. The number of nitrogens with zero attached hydrogens (tertiary/aromatic N) is 4. The topological polar surface area (TPSA) is 34.0 Å². The molecule has 2 rings (SSSR count). The first-order valence-corrected chi connectivity index (χ1v) is 7.26. The highest BCUT2D eigenvalue weighted by molar-refractivity contribution is 6.17. The molecule has 0 saturated heterocycles. The minimum absolute atomic E-state index is 0.598. The molecule has 0 amide bonds. The summed E-state index contributed by atoms with van der Waals surface area (Å²) in [5, 5.41) is 0. The lowest BCUT2D eigenvalue weighted by Crippen LogP contribution is -2.14. The number of hydrogen-bond donors (Lipinski definition) is 0. The maximum absolute atomic E-state index is 5.86. The first-order chi connectivity index (χ1) is 9.22. The van der Waals surface area contributed by atoms with E-state index in [-0.39, 0.29) is 0 Å². The quantitative estimate of drug-likeness (QED) is 0.577. The summed E-state index contributed by atoms with van der Waals surface area (Å²) >= 11 is 5.86. The van der Waals surface area contributed by atoms with E-state index in [0.29, 0.717) is 5.88 Å². The molecular weight excluding hydrogens is 260 g/mol. The molecule has 0 bridgehead atoms. The second kappa shape index (κ2) is 6.87. The van der Waals surface area contributed by atoms with Crippen LogP contribution in [0.4, 0.5) is 0 Å². The molecule has 0 unspecified atom stereocenters. The van der Waals surface area contributed by atoms with Gasteiger partial charge in [0.05, 0.1) is 0 Å². The molecule has 4 nitrogen and oxygen atoms in total. The summed E-state index contributed by atoms with van der Waals surface area (Å²) in [4.78, 5) is 11.3. The Bertz CT molecular complexity index is 521. The van der Waals surface area contributed by atoms with Crippen molar-refractivity contribution in [2.75, 3.05) is 26.5 Å². The Morgan fingerprint density at radius 3 is 2.89 bits per heavy atom. The predicted octanol–water partition coefficient (Wildman–Crippen LogP) is 2.55. The highest BCUT2D eigenvalue weighted by Gasteiger charge is 2.10. The third kappa shape index (κ3) is 3.67. The van der Waals surface area contributed by atoms with Gasteiger partial charge in [0.15, 0.2) is 5.65 Å². The van der Waals surface area contributed by atoms with Gasteiger partial charge in [0.25, 0.3) is 0 Å². The molecule has 0 atom stereocenters. The molecule has 0 aliphatic heterocycles. The van der Waals surface area contributed by atoms with Crippen molar-refractivity contribution < 1.29 is 0 Å². The van der Waals surface area contributed by atoms with Gasteiger partial charge in [-0.3, -0.25) is 0 Å². The number of fused-ring (bicyclic) bond motifs is 1. The maximum atomic E-state index is 5.86. The lowest BCUT2D eigenvalue weighted by Gasteiger charge is -2.11. The first kappa shape index (κ1) is 14.3. The number of aromatic nitrogens is 3. The molecule has 2 aromatic rings. The minimum Gasteiger partial charge on any atom is -0.313 e. The van der Waals surface area contributed by atoms with E-state index in [0.717, 1.165) is 42.9 Å². The zero-order chi connectivity index (χ0) is 13.7. The van der Waals surface area contributed by atoms with Crippen LogP contribution in [-0.2, 0) is 13.0 Å². The van der Waals surface area contributed by atoms with E-state index in [2.05, 4.69) is 33.5 Å². The molecular formula is C14H21ClN4. The van der Waals surface area contributed by atoms with Gasteiger partial charge in [-0.25, -0.2) is 9.97 Å². The van der Waals surface area contributed by atoms with Crippen LogP contribution in [0.2, 0.25) is 0 Å². The molecule has 5 heteroatoms. The summed E-state index contributed by atoms with van der Waals surface area (Å²) in [6.45, 7) is 2.08. The number of rotatable bonds is 7. The Labute approximate surface area is 119 Å².